The first kappa shape index (κ1) is 13.4. The molecular formula is C10H22N4O2. The van der Waals surface area contributed by atoms with Crippen molar-refractivity contribution >= 4 is 5.91 Å². The van der Waals surface area contributed by atoms with Crippen molar-refractivity contribution in [1.82, 2.24) is 15.5 Å². The Hall–Kier alpha value is -0.690. The molecule has 1 atom stereocenters. The van der Waals surface area contributed by atoms with Gasteiger partial charge >= 0.3 is 0 Å². The van der Waals surface area contributed by atoms with E-state index in [-0.39, 0.29) is 12.3 Å². The Morgan fingerprint density at radius 1 is 1.31 bits per heavy atom. The highest BCUT2D eigenvalue weighted by Gasteiger charge is 2.26. The molecule has 0 radical (unpaired) electrons. The number of nitrogens with zero attached hydrogens (tertiary/aromatic N) is 1. The normalized spacial score (nSPS) is 20.8. The zero-order valence-corrected chi connectivity index (χ0v) is 9.61. The molecule has 1 amide bonds. The summed E-state index contributed by atoms with van der Waals surface area (Å²) in [5.41, 5.74) is 5.33. The third kappa shape index (κ3) is 4.89. The number of amides is 1. The number of aliphatic hydroxyl groups excluding tert-OH is 1. The van der Waals surface area contributed by atoms with Gasteiger partial charge in [0.25, 0.3) is 0 Å². The quantitative estimate of drug-likeness (QED) is 0.353. The molecule has 0 aromatic heterocycles. The number of carbonyl (C=O) groups is 1. The van der Waals surface area contributed by atoms with Crippen molar-refractivity contribution in [2.24, 2.45) is 5.73 Å². The van der Waals surface area contributed by atoms with Crippen LogP contribution in [0.3, 0.4) is 0 Å². The van der Waals surface area contributed by atoms with Crippen molar-refractivity contribution < 1.29 is 9.90 Å². The lowest BCUT2D eigenvalue weighted by Gasteiger charge is -2.15. The average molecular weight is 230 g/mol. The van der Waals surface area contributed by atoms with Crippen LogP contribution in [0.1, 0.15) is 6.42 Å². The lowest BCUT2D eigenvalue weighted by molar-refractivity contribution is -0.127. The van der Waals surface area contributed by atoms with Crippen LogP contribution < -0.4 is 16.4 Å². The van der Waals surface area contributed by atoms with Gasteiger partial charge in [-0.25, -0.2) is 0 Å². The van der Waals surface area contributed by atoms with Crippen LogP contribution in [0.4, 0.5) is 0 Å². The van der Waals surface area contributed by atoms with Gasteiger partial charge in [-0.05, 0) is 0 Å². The highest BCUT2D eigenvalue weighted by Crippen LogP contribution is 2.09. The van der Waals surface area contributed by atoms with E-state index >= 15 is 0 Å². The van der Waals surface area contributed by atoms with Gasteiger partial charge in [0, 0.05) is 45.8 Å². The predicted octanol–water partition coefficient (Wildman–Crippen LogP) is -2.28. The summed E-state index contributed by atoms with van der Waals surface area (Å²) in [4.78, 5) is 13.0. The fourth-order valence-electron chi connectivity index (χ4n) is 1.71. The molecule has 0 spiro atoms. The second kappa shape index (κ2) is 7.56. The van der Waals surface area contributed by atoms with Crippen molar-refractivity contribution in [1.29, 1.82) is 0 Å². The maximum absolute atomic E-state index is 11.3. The van der Waals surface area contributed by atoms with E-state index in [1.54, 1.807) is 4.90 Å². The Bertz CT molecular complexity index is 213. The number of β-amino-alcohol motifs (C(OH)–C–C–N with tert-alkyl or cyclic N) is 1. The Labute approximate surface area is 96.2 Å². The van der Waals surface area contributed by atoms with Crippen LogP contribution >= 0.6 is 0 Å². The summed E-state index contributed by atoms with van der Waals surface area (Å²) in [7, 11) is 0. The number of likely N-dealkylation sites (tertiary alicyclic amines) is 1. The van der Waals surface area contributed by atoms with Crippen LogP contribution in [-0.2, 0) is 4.79 Å². The fourth-order valence-corrected chi connectivity index (χ4v) is 1.71. The molecule has 1 fully saturated rings. The maximum Gasteiger partial charge on any atom is 0.225 e. The summed E-state index contributed by atoms with van der Waals surface area (Å²) < 4.78 is 0. The van der Waals surface area contributed by atoms with Gasteiger partial charge in [-0.15, -0.1) is 0 Å². The number of nitrogens with one attached hydrogen (secondary N) is 2. The monoisotopic (exact) mass is 230 g/mol. The molecule has 1 heterocycles. The van der Waals surface area contributed by atoms with E-state index in [9.17, 15) is 9.90 Å². The van der Waals surface area contributed by atoms with E-state index in [4.69, 9.17) is 5.73 Å². The minimum Gasteiger partial charge on any atom is -0.391 e. The van der Waals surface area contributed by atoms with Crippen LogP contribution in [0, 0.1) is 0 Å². The lowest BCUT2D eigenvalue weighted by atomic mass is 10.3. The molecule has 0 aromatic rings. The van der Waals surface area contributed by atoms with Crippen molar-refractivity contribution in [3.63, 3.8) is 0 Å². The molecule has 5 N–H and O–H groups in total. The smallest absolute Gasteiger partial charge is 0.225 e. The summed E-state index contributed by atoms with van der Waals surface area (Å²) in [6.45, 7) is 5.15. The molecule has 0 aliphatic carbocycles. The number of hydrogen-bond acceptors (Lipinski definition) is 5. The number of aliphatic hydroxyl groups is 1. The first-order valence-corrected chi connectivity index (χ1v) is 5.81. The van der Waals surface area contributed by atoms with Crippen LogP contribution in [0.5, 0.6) is 0 Å². The van der Waals surface area contributed by atoms with Crippen molar-refractivity contribution in [3.05, 3.63) is 0 Å². The van der Waals surface area contributed by atoms with Gasteiger partial charge in [-0.3, -0.25) is 4.79 Å². The lowest BCUT2D eigenvalue weighted by Crippen LogP contribution is -2.36. The second-order valence-corrected chi connectivity index (χ2v) is 3.99. The van der Waals surface area contributed by atoms with Crippen molar-refractivity contribution in [2.75, 3.05) is 45.8 Å². The SMILES string of the molecule is NCCNCCNCCN1CC(O)CC1=O. The van der Waals surface area contributed by atoms with E-state index in [1.807, 2.05) is 0 Å². The first-order valence-electron chi connectivity index (χ1n) is 5.81. The van der Waals surface area contributed by atoms with Crippen LogP contribution in [0.15, 0.2) is 0 Å². The fraction of sp³-hybridized carbons (Fsp3) is 0.900. The van der Waals surface area contributed by atoms with Crippen LogP contribution in [0.2, 0.25) is 0 Å². The molecule has 0 aromatic carbocycles. The van der Waals surface area contributed by atoms with Crippen LogP contribution in [0.25, 0.3) is 0 Å². The van der Waals surface area contributed by atoms with Gasteiger partial charge in [-0.1, -0.05) is 0 Å². The number of hydrogen-bond donors (Lipinski definition) is 4. The zero-order valence-electron chi connectivity index (χ0n) is 9.61. The van der Waals surface area contributed by atoms with Gasteiger partial charge in [0.15, 0.2) is 0 Å². The number of nitrogens with two attached hydrogens (primary N) is 1. The summed E-state index contributed by atoms with van der Waals surface area (Å²) in [6, 6.07) is 0. The second-order valence-electron chi connectivity index (χ2n) is 3.99. The minimum absolute atomic E-state index is 0.0514. The highest BCUT2D eigenvalue weighted by molar-refractivity contribution is 5.78. The standard InChI is InChI=1S/C10H22N4O2/c11-1-2-12-3-4-13-5-6-14-8-9(15)7-10(14)16/h9,12-13,15H,1-8,11H2. The van der Waals surface area contributed by atoms with Gasteiger partial charge in [0.05, 0.1) is 12.5 Å². The molecule has 16 heavy (non-hydrogen) atoms. The summed E-state index contributed by atoms with van der Waals surface area (Å²) in [5, 5.41) is 15.7. The molecular weight excluding hydrogens is 208 g/mol. The molecule has 1 aliphatic heterocycles. The number of carbonyl (C=O) groups excluding carboxylic acids is 1. The Morgan fingerprint density at radius 3 is 2.56 bits per heavy atom. The van der Waals surface area contributed by atoms with E-state index in [1.165, 1.54) is 0 Å². The molecule has 6 heteroatoms. The Kier molecular flexibility index (Phi) is 6.32. The molecule has 1 saturated heterocycles. The van der Waals surface area contributed by atoms with Crippen LogP contribution in [-0.4, -0.2) is 67.8 Å². The largest absolute Gasteiger partial charge is 0.391 e. The first-order chi connectivity index (χ1) is 7.74. The van der Waals surface area contributed by atoms with E-state index < -0.39 is 6.10 Å². The summed E-state index contributed by atoms with van der Waals surface area (Å²) in [6.07, 6.45) is -0.198. The maximum atomic E-state index is 11.3. The number of rotatable bonds is 8. The predicted molar refractivity (Wildman–Crippen MR) is 62.0 cm³/mol. The molecule has 6 nitrogen and oxygen atoms in total. The minimum atomic E-state index is -0.473. The molecule has 94 valence electrons. The third-order valence-corrected chi connectivity index (χ3v) is 2.55. The third-order valence-electron chi connectivity index (χ3n) is 2.55. The van der Waals surface area contributed by atoms with E-state index in [0.29, 0.717) is 19.6 Å². The van der Waals surface area contributed by atoms with Gasteiger partial charge < -0.3 is 26.4 Å². The zero-order chi connectivity index (χ0) is 11.8. The van der Waals surface area contributed by atoms with Gasteiger partial charge in [0.1, 0.15) is 0 Å². The van der Waals surface area contributed by atoms with Gasteiger partial charge in [0.2, 0.25) is 5.91 Å². The Morgan fingerprint density at radius 2 is 2.00 bits per heavy atom. The Balaban J connectivity index is 1.93. The molecule has 0 saturated carbocycles. The molecule has 1 unspecified atom stereocenters. The van der Waals surface area contributed by atoms with Crippen molar-refractivity contribution in [2.45, 2.75) is 12.5 Å². The van der Waals surface area contributed by atoms with Gasteiger partial charge in [-0.2, -0.15) is 0 Å². The highest BCUT2D eigenvalue weighted by atomic mass is 16.3. The van der Waals surface area contributed by atoms with Crippen molar-refractivity contribution in [3.8, 4) is 0 Å². The molecule has 0 bridgehead atoms. The average Bonchev–Trinajstić information content (AvgIpc) is 2.56. The molecule has 1 rings (SSSR count). The van der Waals surface area contributed by atoms with E-state index in [0.717, 1.165) is 26.2 Å². The summed E-state index contributed by atoms with van der Waals surface area (Å²) >= 11 is 0. The summed E-state index contributed by atoms with van der Waals surface area (Å²) in [5.74, 6) is 0.0514. The topological polar surface area (TPSA) is 90.6 Å². The van der Waals surface area contributed by atoms with E-state index in [2.05, 4.69) is 10.6 Å². The molecule has 1 aliphatic rings.